The van der Waals surface area contributed by atoms with E-state index in [9.17, 15) is 4.39 Å². The molecule has 1 heterocycles. The Balaban J connectivity index is 2.54. The minimum atomic E-state index is -0.297. The number of rotatable bonds is 1. The van der Waals surface area contributed by atoms with E-state index in [-0.39, 0.29) is 5.82 Å². The molecule has 5 heteroatoms. The van der Waals surface area contributed by atoms with Gasteiger partial charge in [-0.15, -0.1) is 0 Å². The van der Waals surface area contributed by atoms with Gasteiger partial charge < -0.3 is 11.5 Å². The summed E-state index contributed by atoms with van der Waals surface area (Å²) in [5.41, 5.74) is 12.6. The monoisotopic (exact) mass is 192 g/mol. The van der Waals surface area contributed by atoms with Crippen molar-refractivity contribution in [2.75, 3.05) is 11.5 Å². The fourth-order valence-corrected chi connectivity index (χ4v) is 1.29. The molecule has 0 amide bonds. The second-order valence-electron chi connectivity index (χ2n) is 2.90. The third kappa shape index (κ3) is 1.28. The molecule has 2 aromatic rings. The number of nitrogen functional groups attached to an aromatic ring is 2. The van der Waals surface area contributed by atoms with Crippen molar-refractivity contribution < 1.29 is 4.39 Å². The number of hydrogen-bond acceptors (Lipinski definition) is 3. The van der Waals surface area contributed by atoms with Crippen LogP contribution < -0.4 is 11.5 Å². The Morgan fingerprint density at radius 3 is 2.29 bits per heavy atom. The first-order chi connectivity index (χ1) is 6.68. The van der Waals surface area contributed by atoms with Crippen LogP contribution >= 0.6 is 0 Å². The molecule has 4 nitrogen and oxygen atoms in total. The van der Waals surface area contributed by atoms with Gasteiger partial charge in [0.1, 0.15) is 11.6 Å². The molecule has 1 aromatic carbocycles. The van der Waals surface area contributed by atoms with E-state index < -0.39 is 0 Å². The Morgan fingerprint density at radius 2 is 1.79 bits per heavy atom. The van der Waals surface area contributed by atoms with Crippen molar-refractivity contribution in [3.05, 3.63) is 30.1 Å². The third-order valence-corrected chi connectivity index (χ3v) is 1.96. The summed E-state index contributed by atoms with van der Waals surface area (Å²) in [6.07, 6.45) is 0. The molecule has 72 valence electrons. The van der Waals surface area contributed by atoms with Gasteiger partial charge in [0.25, 0.3) is 0 Å². The van der Waals surface area contributed by atoms with E-state index in [1.165, 1.54) is 12.1 Å². The molecular formula is C9H9FN4. The van der Waals surface area contributed by atoms with Crippen molar-refractivity contribution in [3.8, 4) is 11.1 Å². The average molecular weight is 192 g/mol. The molecule has 0 aliphatic carbocycles. The van der Waals surface area contributed by atoms with E-state index in [4.69, 9.17) is 11.5 Å². The Bertz CT molecular complexity index is 427. The lowest BCUT2D eigenvalue weighted by Gasteiger charge is -1.99. The number of nitrogens with zero attached hydrogens (tertiary/aromatic N) is 1. The summed E-state index contributed by atoms with van der Waals surface area (Å²) in [5.74, 6) is 0.401. The van der Waals surface area contributed by atoms with Crippen LogP contribution in [0.5, 0.6) is 0 Å². The number of hydrogen-bond donors (Lipinski definition) is 3. The maximum absolute atomic E-state index is 12.6. The summed E-state index contributed by atoms with van der Waals surface area (Å²) in [7, 11) is 0. The van der Waals surface area contributed by atoms with Crippen LogP contribution in [-0.2, 0) is 0 Å². The maximum atomic E-state index is 12.6. The first-order valence-electron chi connectivity index (χ1n) is 4.03. The maximum Gasteiger partial charge on any atom is 0.155 e. The zero-order valence-corrected chi connectivity index (χ0v) is 7.29. The molecule has 0 bridgehead atoms. The Kier molecular flexibility index (Phi) is 1.85. The molecule has 2 rings (SSSR count). The van der Waals surface area contributed by atoms with E-state index in [2.05, 4.69) is 10.2 Å². The van der Waals surface area contributed by atoms with Crippen molar-refractivity contribution >= 4 is 11.6 Å². The molecule has 14 heavy (non-hydrogen) atoms. The number of anilines is 2. The Labute approximate surface area is 79.7 Å². The van der Waals surface area contributed by atoms with Crippen molar-refractivity contribution in [1.29, 1.82) is 0 Å². The van der Waals surface area contributed by atoms with E-state index in [0.717, 1.165) is 5.56 Å². The van der Waals surface area contributed by atoms with E-state index in [1.807, 2.05) is 0 Å². The SMILES string of the molecule is Nc1n[nH]c(N)c1-c1ccc(F)cc1. The molecule has 0 saturated heterocycles. The minimum absolute atomic E-state index is 0.297. The summed E-state index contributed by atoms with van der Waals surface area (Å²) in [5, 5.41) is 6.31. The van der Waals surface area contributed by atoms with Gasteiger partial charge in [-0.3, -0.25) is 5.10 Å². The zero-order valence-electron chi connectivity index (χ0n) is 7.29. The summed E-state index contributed by atoms with van der Waals surface area (Å²) in [4.78, 5) is 0. The number of halogens is 1. The highest BCUT2D eigenvalue weighted by atomic mass is 19.1. The van der Waals surface area contributed by atoms with Crippen LogP contribution in [0, 0.1) is 5.82 Å². The van der Waals surface area contributed by atoms with Gasteiger partial charge >= 0.3 is 0 Å². The van der Waals surface area contributed by atoms with E-state index in [0.29, 0.717) is 17.2 Å². The number of nitrogens with one attached hydrogen (secondary N) is 1. The van der Waals surface area contributed by atoms with Crippen molar-refractivity contribution in [3.63, 3.8) is 0 Å². The molecule has 0 fully saturated rings. The fourth-order valence-electron chi connectivity index (χ4n) is 1.29. The van der Waals surface area contributed by atoms with E-state index in [1.54, 1.807) is 12.1 Å². The number of benzene rings is 1. The van der Waals surface area contributed by atoms with Gasteiger partial charge in [-0.25, -0.2) is 4.39 Å². The van der Waals surface area contributed by atoms with Crippen LogP contribution in [0.2, 0.25) is 0 Å². The molecule has 0 unspecified atom stereocenters. The average Bonchev–Trinajstić information content (AvgIpc) is 2.49. The van der Waals surface area contributed by atoms with Gasteiger partial charge in [-0.05, 0) is 17.7 Å². The van der Waals surface area contributed by atoms with Crippen molar-refractivity contribution in [1.82, 2.24) is 10.2 Å². The highest BCUT2D eigenvalue weighted by Crippen LogP contribution is 2.29. The number of aromatic amines is 1. The number of nitrogens with two attached hydrogens (primary N) is 2. The van der Waals surface area contributed by atoms with Crippen LogP contribution in [-0.4, -0.2) is 10.2 Å². The largest absolute Gasteiger partial charge is 0.383 e. The molecule has 5 N–H and O–H groups in total. The van der Waals surface area contributed by atoms with Crippen molar-refractivity contribution in [2.45, 2.75) is 0 Å². The topological polar surface area (TPSA) is 80.7 Å². The molecule has 0 aliphatic heterocycles. The highest BCUT2D eigenvalue weighted by molar-refractivity contribution is 5.82. The lowest BCUT2D eigenvalue weighted by atomic mass is 10.1. The molecule has 0 aliphatic rings. The first-order valence-corrected chi connectivity index (χ1v) is 4.03. The second-order valence-corrected chi connectivity index (χ2v) is 2.90. The van der Waals surface area contributed by atoms with Crippen LogP contribution in [0.3, 0.4) is 0 Å². The number of aromatic nitrogens is 2. The molecule has 0 saturated carbocycles. The summed E-state index contributed by atoms with van der Waals surface area (Å²) in [6, 6.07) is 5.90. The van der Waals surface area contributed by atoms with Gasteiger partial charge in [0.15, 0.2) is 5.82 Å². The van der Waals surface area contributed by atoms with Gasteiger partial charge in [-0.1, -0.05) is 12.1 Å². The summed E-state index contributed by atoms with van der Waals surface area (Å²) in [6.45, 7) is 0. The fraction of sp³-hybridized carbons (Fsp3) is 0. The lowest BCUT2D eigenvalue weighted by Crippen LogP contribution is -1.91. The minimum Gasteiger partial charge on any atom is -0.383 e. The second kappa shape index (κ2) is 3.02. The van der Waals surface area contributed by atoms with Crippen molar-refractivity contribution in [2.24, 2.45) is 0 Å². The van der Waals surface area contributed by atoms with Crippen LogP contribution in [0.15, 0.2) is 24.3 Å². The first kappa shape index (κ1) is 8.55. The molecule has 1 aromatic heterocycles. The van der Waals surface area contributed by atoms with Crippen LogP contribution in [0.25, 0.3) is 11.1 Å². The molecule has 0 atom stereocenters. The van der Waals surface area contributed by atoms with Crippen LogP contribution in [0.1, 0.15) is 0 Å². The Hall–Kier alpha value is -2.04. The normalized spacial score (nSPS) is 10.4. The quantitative estimate of drug-likeness (QED) is 0.638. The van der Waals surface area contributed by atoms with Crippen LogP contribution in [0.4, 0.5) is 16.0 Å². The standard InChI is InChI=1S/C9H9FN4/c10-6-3-1-5(2-4-6)7-8(11)13-14-9(7)12/h1-4H,(H5,11,12,13,14). The highest BCUT2D eigenvalue weighted by Gasteiger charge is 2.09. The van der Waals surface area contributed by atoms with E-state index >= 15 is 0 Å². The number of H-pyrrole nitrogens is 1. The predicted octanol–water partition coefficient (Wildman–Crippen LogP) is 1.38. The van der Waals surface area contributed by atoms with Gasteiger partial charge in [0.2, 0.25) is 0 Å². The van der Waals surface area contributed by atoms with Gasteiger partial charge in [0, 0.05) is 0 Å². The molecule has 0 radical (unpaired) electrons. The lowest BCUT2D eigenvalue weighted by molar-refractivity contribution is 0.628. The predicted molar refractivity (Wildman–Crippen MR) is 52.8 cm³/mol. The van der Waals surface area contributed by atoms with Gasteiger partial charge in [-0.2, -0.15) is 5.10 Å². The van der Waals surface area contributed by atoms with Gasteiger partial charge in [0.05, 0.1) is 5.56 Å². The smallest absolute Gasteiger partial charge is 0.155 e. The third-order valence-electron chi connectivity index (χ3n) is 1.96. The zero-order chi connectivity index (χ0) is 10.1. The molecule has 0 spiro atoms. The Morgan fingerprint density at radius 1 is 1.14 bits per heavy atom. The summed E-state index contributed by atoms with van der Waals surface area (Å²) >= 11 is 0. The molecular weight excluding hydrogens is 183 g/mol. The summed E-state index contributed by atoms with van der Waals surface area (Å²) < 4.78 is 12.6.